The summed E-state index contributed by atoms with van der Waals surface area (Å²) < 4.78 is 10.8. The van der Waals surface area contributed by atoms with Gasteiger partial charge in [-0.25, -0.2) is 9.97 Å². The highest BCUT2D eigenvalue weighted by Crippen LogP contribution is 2.33. The lowest BCUT2D eigenvalue weighted by molar-refractivity contribution is 0.395. The van der Waals surface area contributed by atoms with Crippen molar-refractivity contribution in [3.63, 3.8) is 0 Å². The minimum atomic E-state index is 0.682. The van der Waals surface area contributed by atoms with Gasteiger partial charge in [0.15, 0.2) is 5.82 Å². The molecule has 0 fully saturated rings. The summed E-state index contributed by atoms with van der Waals surface area (Å²) in [6, 6.07) is 17.8. The van der Waals surface area contributed by atoms with Crippen LogP contribution in [0.2, 0.25) is 0 Å². The lowest BCUT2D eigenvalue weighted by Crippen LogP contribution is -2.01. The molecule has 2 N–H and O–H groups in total. The number of benzene rings is 2. The summed E-state index contributed by atoms with van der Waals surface area (Å²) in [4.78, 5) is 12.6. The molecule has 6 nitrogen and oxygen atoms in total. The van der Waals surface area contributed by atoms with E-state index in [-0.39, 0.29) is 0 Å². The molecule has 2 aromatic carbocycles. The highest BCUT2D eigenvalue weighted by molar-refractivity contribution is 5.88. The Bertz CT molecular complexity index is 1060. The molecule has 0 saturated heterocycles. The monoisotopic (exact) mass is 360 g/mol. The van der Waals surface area contributed by atoms with Crippen molar-refractivity contribution in [1.82, 2.24) is 15.0 Å². The topological polar surface area (TPSA) is 72.1 Å². The zero-order valence-corrected chi connectivity index (χ0v) is 15.2. The first-order chi connectivity index (χ1) is 13.3. The third-order valence-electron chi connectivity index (χ3n) is 4.37. The Hall–Kier alpha value is -3.54. The zero-order chi connectivity index (χ0) is 18.6. The van der Waals surface area contributed by atoms with Gasteiger partial charge in [-0.15, -0.1) is 0 Å². The standard InChI is InChI=1S/C21H20N4O2/c1-26-15-8-9-16(18(12-15)27-2)20-24-17-10-11-22-21(19(17)25-20)23-13-14-6-4-3-5-7-14/h3-12H,13H2,1-2H3,(H,22,23)(H,24,25). The van der Waals surface area contributed by atoms with E-state index < -0.39 is 0 Å². The summed E-state index contributed by atoms with van der Waals surface area (Å²) >= 11 is 0. The molecule has 4 aromatic rings. The molecule has 0 aliphatic carbocycles. The lowest BCUT2D eigenvalue weighted by Gasteiger charge is -2.08. The second-order valence-corrected chi connectivity index (χ2v) is 6.05. The van der Waals surface area contributed by atoms with Crippen LogP contribution in [-0.2, 0) is 6.54 Å². The van der Waals surface area contributed by atoms with E-state index in [1.165, 1.54) is 5.56 Å². The van der Waals surface area contributed by atoms with Crippen molar-refractivity contribution < 1.29 is 9.47 Å². The number of anilines is 1. The first kappa shape index (κ1) is 16.9. The van der Waals surface area contributed by atoms with Gasteiger partial charge in [0.2, 0.25) is 0 Å². The van der Waals surface area contributed by atoms with Gasteiger partial charge in [-0.1, -0.05) is 30.3 Å². The molecule has 0 radical (unpaired) electrons. The van der Waals surface area contributed by atoms with Gasteiger partial charge in [-0.2, -0.15) is 0 Å². The molecule has 4 rings (SSSR count). The van der Waals surface area contributed by atoms with Crippen molar-refractivity contribution in [2.45, 2.75) is 6.54 Å². The zero-order valence-electron chi connectivity index (χ0n) is 15.2. The Morgan fingerprint density at radius 3 is 2.63 bits per heavy atom. The number of methoxy groups -OCH3 is 2. The summed E-state index contributed by atoms with van der Waals surface area (Å²) in [5.41, 5.74) is 3.75. The third-order valence-corrected chi connectivity index (χ3v) is 4.37. The maximum atomic E-state index is 5.50. The number of hydrogen-bond acceptors (Lipinski definition) is 5. The number of rotatable bonds is 6. The van der Waals surface area contributed by atoms with Crippen LogP contribution in [0.15, 0.2) is 60.8 Å². The largest absolute Gasteiger partial charge is 0.497 e. The molecule has 2 heterocycles. The smallest absolute Gasteiger partial charge is 0.154 e. The van der Waals surface area contributed by atoms with Crippen LogP contribution in [-0.4, -0.2) is 29.2 Å². The summed E-state index contributed by atoms with van der Waals surface area (Å²) in [5, 5.41) is 3.37. The van der Waals surface area contributed by atoms with Gasteiger partial charge >= 0.3 is 0 Å². The second kappa shape index (κ2) is 7.37. The van der Waals surface area contributed by atoms with E-state index in [1.807, 2.05) is 42.5 Å². The Kier molecular flexibility index (Phi) is 4.61. The molecule has 0 spiro atoms. The van der Waals surface area contributed by atoms with Gasteiger partial charge in [0.1, 0.15) is 22.8 Å². The Morgan fingerprint density at radius 1 is 1.00 bits per heavy atom. The molecule has 0 amide bonds. The van der Waals surface area contributed by atoms with E-state index in [9.17, 15) is 0 Å². The van der Waals surface area contributed by atoms with Gasteiger partial charge in [0.05, 0.1) is 25.3 Å². The predicted molar refractivity (Wildman–Crippen MR) is 106 cm³/mol. The van der Waals surface area contributed by atoms with Crippen LogP contribution in [0.25, 0.3) is 22.4 Å². The molecule has 136 valence electrons. The summed E-state index contributed by atoms with van der Waals surface area (Å²) in [7, 11) is 3.27. The summed E-state index contributed by atoms with van der Waals surface area (Å²) in [5.74, 6) is 2.89. The molecular weight excluding hydrogens is 340 g/mol. The van der Waals surface area contributed by atoms with Gasteiger partial charge in [0, 0.05) is 18.8 Å². The maximum absolute atomic E-state index is 5.50. The maximum Gasteiger partial charge on any atom is 0.154 e. The fourth-order valence-electron chi connectivity index (χ4n) is 2.97. The highest BCUT2D eigenvalue weighted by atomic mass is 16.5. The van der Waals surface area contributed by atoms with Crippen molar-refractivity contribution in [2.24, 2.45) is 0 Å². The number of ether oxygens (including phenoxy) is 2. The number of fused-ring (bicyclic) bond motifs is 1. The first-order valence-corrected chi connectivity index (χ1v) is 8.63. The molecular formula is C21H20N4O2. The van der Waals surface area contributed by atoms with Gasteiger partial charge in [0.25, 0.3) is 0 Å². The Labute approximate surface area is 157 Å². The van der Waals surface area contributed by atoms with E-state index in [2.05, 4.69) is 27.4 Å². The van der Waals surface area contributed by atoms with Crippen molar-refractivity contribution in [2.75, 3.05) is 19.5 Å². The van der Waals surface area contributed by atoms with Crippen LogP contribution >= 0.6 is 0 Å². The minimum absolute atomic E-state index is 0.682. The van der Waals surface area contributed by atoms with Crippen molar-refractivity contribution in [1.29, 1.82) is 0 Å². The molecule has 27 heavy (non-hydrogen) atoms. The number of hydrogen-bond donors (Lipinski definition) is 2. The number of pyridine rings is 1. The van der Waals surface area contributed by atoms with E-state index in [0.717, 1.165) is 34.0 Å². The van der Waals surface area contributed by atoms with E-state index in [1.54, 1.807) is 20.4 Å². The van der Waals surface area contributed by atoms with E-state index >= 15 is 0 Å². The van der Waals surface area contributed by atoms with Crippen molar-refractivity contribution in [3.05, 3.63) is 66.4 Å². The second-order valence-electron chi connectivity index (χ2n) is 6.05. The fraction of sp³-hybridized carbons (Fsp3) is 0.143. The minimum Gasteiger partial charge on any atom is -0.497 e. The quantitative estimate of drug-likeness (QED) is 0.538. The van der Waals surface area contributed by atoms with Crippen molar-refractivity contribution >= 4 is 16.9 Å². The number of aromatic amines is 1. The summed E-state index contributed by atoms with van der Waals surface area (Å²) in [6.07, 6.45) is 1.77. The number of aromatic nitrogens is 3. The third kappa shape index (κ3) is 3.42. The van der Waals surface area contributed by atoms with Crippen molar-refractivity contribution in [3.8, 4) is 22.9 Å². The molecule has 0 unspecified atom stereocenters. The lowest BCUT2D eigenvalue weighted by atomic mass is 10.2. The number of H-pyrrole nitrogens is 1. The Balaban J connectivity index is 1.69. The highest BCUT2D eigenvalue weighted by Gasteiger charge is 2.14. The number of imidazole rings is 1. The van der Waals surface area contributed by atoms with Crippen LogP contribution in [0.4, 0.5) is 5.82 Å². The fourth-order valence-corrected chi connectivity index (χ4v) is 2.97. The molecule has 2 aromatic heterocycles. The average molecular weight is 360 g/mol. The average Bonchev–Trinajstić information content (AvgIpc) is 3.17. The first-order valence-electron chi connectivity index (χ1n) is 8.63. The number of nitrogens with zero attached hydrogens (tertiary/aromatic N) is 2. The van der Waals surface area contributed by atoms with E-state index in [0.29, 0.717) is 12.3 Å². The van der Waals surface area contributed by atoms with Gasteiger partial charge in [-0.3, -0.25) is 0 Å². The number of nitrogens with one attached hydrogen (secondary N) is 2. The molecule has 0 saturated carbocycles. The van der Waals surface area contributed by atoms with Gasteiger partial charge in [-0.05, 0) is 23.8 Å². The van der Waals surface area contributed by atoms with Crippen LogP contribution in [0.3, 0.4) is 0 Å². The van der Waals surface area contributed by atoms with Gasteiger partial charge < -0.3 is 19.8 Å². The van der Waals surface area contributed by atoms with Crippen LogP contribution in [0.1, 0.15) is 5.56 Å². The summed E-state index contributed by atoms with van der Waals surface area (Å²) in [6.45, 7) is 0.682. The molecule has 0 atom stereocenters. The SMILES string of the molecule is COc1ccc(-c2nc3c(NCc4ccccc4)nccc3[nH]2)c(OC)c1. The molecule has 0 bridgehead atoms. The van der Waals surface area contributed by atoms with Crippen LogP contribution in [0.5, 0.6) is 11.5 Å². The molecule has 0 aliphatic rings. The molecule has 0 aliphatic heterocycles. The van der Waals surface area contributed by atoms with E-state index in [4.69, 9.17) is 14.5 Å². The predicted octanol–water partition coefficient (Wildman–Crippen LogP) is 4.25. The molecule has 6 heteroatoms. The Morgan fingerprint density at radius 2 is 1.85 bits per heavy atom. The normalized spacial score (nSPS) is 10.7. The van der Waals surface area contributed by atoms with Crippen LogP contribution in [0, 0.1) is 0 Å². The van der Waals surface area contributed by atoms with Crippen LogP contribution < -0.4 is 14.8 Å².